The average Bonchev–Trinajstić information content (AvgIpc) is 2.58. The van der Waals surface area contributed by atoms with Crippen molar-refractivity contribution in [2.45, 2.75) is 26.9 Å². The predicted octanol–water partition coefficient (Wildman–Crippen LogP) is 3.84. The third kappa shape index (κ3) is 4.87. The van der Waals surface area contributed by atoms with Gasteiger partial charge in [-0.2, -0.15) is 0 Å². The fourth-order valence-corrected chi connectivity index (χ4v) is 2.43. The Morgan fingerprint density at radius 3 is 2.52 bits per heavy atom. The number of hydrazine groups is 1. The maximum atomic E-state index is 12.1. The van der Waals surface area contributed by atoms with Gasteiger partial charge in [-0.3, -0.25) is 20.4 Å². The molecule has 132 valence electrons. The molecule has 2 N–H and O–H groups in total. The number of rotatable bonds is 4. The van der Waals surface area contributed by atoms with Gasteiger partial charge < -0.3 is 4.74 Å². The van der Waals surface area contributed by atoms with E-state index in [0.29, 0.717) is 10.8 Å². The van der Waals surface area contributed by atoms with Crippen LogP contribution in [-0.2, 0) is 4.79 Å². The van der Waals surface area contributed by atoms with Crippen LogP contribution in [0.15, 0.2) is 36.4 Å². The van der Waals surface area contributed by atoms with E-state index in [2.05, 4.69) is 10.9 Å². The minimum Gasteiger partial charge on any atom is -0.481 e. The summed E-state index contributed by atoms with van der Waals surface area (Å²) in [5, 5.41) is 0.600. The predicted molar refractivity (Wildman–Crippen MR) is 98.1 cm³/mol. The number of carbonyl (C=O) groups is 2. The third-order valence-corrected chi connectivity index (χ3v) is 4.26. The van der Waals surface area contributed by atoms with Crippen LogP contribution in [0.2, 0.25) is 10.0 Å². The monoisotopic (exact) mass is 380 g/mol. The van der Waals surface area contributed by atoms with Crippen LogP contribution in [0, 0.1) is 13.8 Å². The lowest BCUT2D eigenvalue weighted by Crippen LogP contribution is -2.47. The molecule has 2 aromatic rings. The van der Waals surface area contributed by atoms with Crippen molar-refractivity contribution in [3.8, 4) is 5.75 Å². The van der Waals surface area contributed by atoms with Gasteiger partial charge in [0.2, 0.25) is 0 Å². The van der Waals surface area contributed by atoms with Crippen molar-refractivity contribution < 1.29 is 14.3 Å². The molecule has 0 aromatic heterocycles. The number of halogens is 2. The van der Waals surface area contributed by atoms with Gasteiger partial charge in [0.05, 0.1) is 10.6 Å². The van der Waals surface area contributed by atoms with E-state index in [4.69, 9.17) is 27.9 Å². The molecule has 0 aliphatic carbocycles. The van der Waals surface area contributed by atoms with E-state index in [1.807, 2.05) is 26.0 Å². The summed E-state index contributed by atoms with van der Waals surface area (Å²) in [7, 11) is 0. The minimum absolute atomic E-state index is 0.164. The number of carbonyl (C=O) groups excluding carboxylic acids is 2. The first kappa shape index (κ1) is 19.1. The van der Waals surface area contributed by atoms with Crippen LogP contribution >= 0.6 is 23.2 Å². The van der Waals surface area contributed by atoms with E-state index < -0.39 is 17.9 Å². The number of benzene rings is 2. The van der Waals surface area contributed by atoms with Gasteiger partial charge in [0, 0.05) is 5.02 Å². The van der Waals surface area contributed by atoms with E-state index in [-0.39, 0.29) is 10.6 Å². The largest absolute Gasteiger partial charge is 0.481 e. The molecule has 0 bridgehead atoms. The van der Waals surface area contributed by atoms with Gasteiger partial charge in [-0.05, 0) is 56.2 Å². The van der Waals surface area contributed by atoms with Crippen molar-refractivity contribution in [2.75, 3.05) is 0 Å². The SMILES string of the molecule is Cc1cccc(OC(C)C(=O)NNC(=O)c2cc(Cl)ccc2Cl)c1C. The summed E-state index contributed by atoms with van der Waals surface area (Å²) in [4.78, 5) is 24.2. The normalized spacial score (nSPS) is 11.6. The highest BCUT2D eigenvalue weighted by Crippen LogP contribution is 2.22. The summed E-state index contributed by atoms with van der Waals surface area (Å²) >= 11 is 11.8. The van der Waals surface area contributed by atoms with Crippen molar-refractivity contribution in [1.82, 2.24) is 10.9 Å². The molecule has 1 atom stereocenters. The molecule has 5 nitrogen and oxygen atoms in total. The minimum atomic E-state index is -0.796. The first-order chi connectivity index (χ1) is 11.8. The van der Waals surface area contributed by atoms with Gasteiger partial charge >= 0.3 is 0 Å². The second kappa shape index (κ2) is 8.23. The summed E-state index contributed by atoms with van der Waals surface area (Å²) in [5.74, 6) is -0.445. The molecule has 2 rings (SSSR count). The van der Waals surface area contributed by atoms with Crippen molar-refractivity contribution in [1.29, 1.82) is 0 Å². The second-order valence-electron chi connectivity index (χ2n) is 5.53. The molecule has 0 aliphatic rings. The zero-order valence-corrected chi connectivity index (χ0v) is 15.5. The van der Waals surface area contributed by atoms with E-state index in [9.17, 15) is 9.59 Å². The number of hydrogen-bond donors (Lipinski definition) is 2. The first-order valence-corrected chi connectivity index (χ1v) is 8.33. The Morgan fingerprint density at radius 2 is 1.80 bits per heavy atom. The van der Waals surface area contributed by atoms with Crippen molar-refractivity contribution in [3.05, 3.63) is 63.1 Å². The van der Waals surface area contributed by atoms with Crippen molar-refractivity contribution in [3.63, 3.8) is 0 Å². The number of ether oxygens (including phenoxy) is 1. The summed E-state index contributed by atoms with van der Waals surface area (Å²) in [6, 6.07) is 10.1. The Morgan fingerprint density at radius 1 is 1.08 bits per heavy atom. The Bertz CT molecular complexity index is 809. The molecule has 0 radical (unpaired) electrons. The zero-order chi connectivity index (χ0) is 18.6. The van der Waals surface area contributed by atoms with Crippen LogP contribution in [0.4, 0.5) is 0 Å². The lowest BCUT2D eigenvalue weighted by molar-refractivity contribution is -0.128. The smallest absolute Gasteiger partial charge is 0.279 e. The van der Waals surface area contributed by atoms with Crippen LogP contribution in [0.3, 0.4) is 0 Å². The molecule has 0 heterocycles. The molecule has 0 saturated heterocycles. The number of aryl methyl sites for hydroxylation is 1. The lowest BCUT2D eigenvalue weighted by Gasteiger charge is -2.17. The van der Waals surface area contributed by atoms with Gasteiger partial charge in [0.25, 0.3) is 11.8 Å². The van der Waals surface area contributed by atoms with Crippen LogP contribution < -0.4 is 15.6 Å². The topological polar surface area (TPSA) is 67.4 Å². The van der Waals surface area contributed by atoms with Crippen LogP contribution in [-0.4, -0.2) is 17.9 Å². The molecule has 0 saturated carbocycles. The number of nitrogens with one attached hydrogen (secondary N) is 2. The summed E-state index contributed by atoms with van der Waals surface area (Å²) in [6.45, 7) is 5.47. The van der Waals surface area contributed by atoms with E-state index >= 15 is 0 Å². The molecule has 2 aromatic carbocycles. The van der Waals surface area contributed by atoms with Crippen LogP contribution in [0.5, 0.6) is 5.75 Å². The summed E-state index contributed by atoms with van der Waals surface area (Å²) < 4.78 is 5.66. The molecular weight excluding hydrogens is 363 g/mol. The molecule has 0 fully saturated rings. The Hall–Kier alpha value is -2.24. The summed E-state index contributed by atoms with van der Waals surface area (Å²) in [5.41, 5.74) is 6.80. The molecule has 1 unspecified atom stereocenters. The van der Waals surface area contributed by atoms with Gasteiger partial charge in [0.1, 0.15) is 5.75 Å². The first-order valence-electron chi connectivity index (χ1n) is 7.57. The molecule has 2 amide bonds. The van der Waals surface area contributed by atoms with Gasteiger partial charge in [-0.1, -0.05) is 35.3 Å². The van der Waals surface area contributed by atoms with Gasteiger partial charge in [-0.25, -0.2) is 0 Å². The maximum absolute atomic E-state index is 12.1. The fourth-order valence-electron chi connectivity index (χ4n) is 2.05. The van der Waals surface area contributed by atoms with Gasteiger partial charge in [-0.15, -0.1) is 0 Å². The quantitative estimate of drug-likeness (QED) is 0.791. The highest BCUT2D eigenvalue weighted by molar-refractivity contribution is 6.35. The highest BCUT2D eigenvalue weighted by atomic mass is 35.5. The molecule has 0 spiro atoms. The fraction of sp³-hybridized carbons (Fsp3) is 0.222. The number of amides is 2. The van der Waals surface area contributed by atoms with Crippen LogP contribution in [0.1, 0.15) is 28.4 Å². The summed E-state index contributed by atoms with van der Waals surface area (Å²) in [6.07, 6.45) is -0.796. The molecule has 25 heavy (non-hydrogen) atoms. The van der Waals surface area contributed by atoms with E-state index in [1.165, 1.54) is 12.1 Å². The molecular formula is C18H18Cl2N2O3. The zero-order valence-electron chi connectivity index (χ0n) is 14.0. The number of hydrogen-bond acceptors (Lipinski definition) is 3. The second-order valence-corrected chi connectivity index (χ2v) is 6.37. The van der Waals surface area contributed by atoms with Crippen LogP contribution in [0.25, 0.3) is 0 Å². The Kier molecular flexibility index (Phi) is 6.28. The maximum Gasteiger partial charge on any atom is 0.279 e. The van der Waals surface area contributed by atoms with Gasteiger partial charge in [0.15, 0.2) is 6.10 Å². The third-order valence-electron chi connectivity index (χ3n) is 3.70. The average molecular weight is 381 g/mol. The van der Waals surface area contributed by atoms with E-state index in [1.54, 1.807) is 19.1 Å². The van der Waals surface area contributed by atoms with Crippen molar-refractivity contribution in [2.24, 2.45) is 0 Å². The standard InChI is InChI=1S/C18H18Cl2N2O3/c1-10-5-4-6-16(11(10)2)25-12(3)17(23)21-22-18(24)14-9-13(19)7-8-15(14)20/h4-9,12H,1-3H3,(H,21,23)(H,22,24). The molecule has 7 heteroatoms. The Balaban J connectivity index is 1.96. The molecule has 0 aliphatic heterocycles. The lowest BCUT2D eigenvalue weighted by atomic mass is 10.1. The Labute approximate surface area is 156 Å². The highest BCUT2D eigenvalue weighted by Gasteiger charge is 2.18. The van der Waals surface area contributed by atoms with E-state index in [0.717, 1.165) is 11.1 Å². The van der Waals surface area contributed by atoms with Crippen molar-refractivity contribution >= 4 is 35.0 Å².